The number of hydrogen-bond acceptors (Lipinski definition) is 4. The largest absolute Gasteiger partial charge is 0.299 e. The first-order chi connectivity index (χ1) is 11.3. The van der Waals surface area contributed by atoms with Crippen LogP contribution in [-0.2, 0) is 4.79 Å². The van der Waals surface area contributed by atoms with Gasteiger partial charge >= 0.3 is 0 Å². The van der Waals surface area contributed by atoms with Crippen LogP contribution in [0, 0.1) is 5.92 Å². The first-order valence-corrected chi connectivity index (χ1v) is 8.08. The summed E-state index contributed by atoms with van der Waals surface area (Å²) in [5.41, 5.74) is 2.67. The number of rotatable bonds is 3. The van der Waals surface area contributed by atoms with Crippen molar-refractivity contribution in [3.63, 3.8) is 0 Å². The Morgan fingerprint density at radius 3 is 2.78 bits per heavy atom. The van der Waals surface area contributed by atoms with E-state index in [9.17, 15) is 4.79 Å². The second-order valence-electron chi connectivity index (χ2n) is 6.04. The number of nitrogens with zero attached hydrogens (tertiary/aromatic N) is 4. The van der Waals surface area contributed by atoms with Gasteiger partial charge in [-0.15, -0.1) is 5.10 Å². The van der Waals surface area contributed by atoms with Gasteiger partial charge in [-0.3, -0.25) is 9.78 Å². The minimum absolute atomic E-state index is 0.0799. The minimum Gasteiger partial charge on any atom is -0.299 e. The van der Waals surface area contributed by atoms with Crippen molar-refractivity contribution >= 4 is 16.8 Å². The van der Waals surface area contributed by atoms with Crippen LogP contribution < -0.4 is 0 Å². The van der Waals surface area contributed by atoms with Gasteiger partial charge in [-0.1, -0.05) is 29.8 Å². The number of carbonyl (C=O) groups is 1. The molecule has 0 N–H and O–H groups in total. The minimum atomic E-state index is -0.184. The van der Waals surface area contributed by atoms with E-state index < -0.39 is 0 Å². The second-order valence-corrected chi connectivity index (χ2v) is 6.04. The summed E-state index contributed by atoms with van der Waals surface area (Å²) < 4.78 is 1.88. The summed E-state index contributed by atoms with van der Waals surface area (Å²) in [5.74, 6) is 0.232. The zero-order chi connectivity index (χ0) is 15.6. The van der Waals surface area contributed by atoms with Gasteiger partial charge in [0.1, 0.15) is 17.3 Å². The Bertz CT molecular complexity index is 827. The Labute approximate surface area is 134 Å². The van der Waals surface area contributed by atoms with Crippen LogP contribution in [0.15, 0.2) is 48.7 Å². The molecule has 0 unspecified atom stereocenters. The standard InChI is InChI=1S/C18H18N4O/c23-17-11-4-1-7-13(17)18(15-9-5-6-12-19-15)22-16-10-3-2-8-14(16)20-21-22/h2-3,5-6,8-10,12-13,18H,1,4,7,11H2/t13-,18+/m1/s1. The normalized spacial score (nSPS) is 19.8. The zero-order valence-corrected chi connectivity index (χ0v) is 12.8. The lowest BCUT2D eigenvalue weighted by molar-refractivity contribution is -0.125. The molecule has 0 saturated heterocycles. The van der Waals surface area contributed by atoms with E-state index in [-0.39, 0.29) is 12.0 Å². The number of hydrogen-bond donors (Lipinski definition) is 0. The van der Waals surface area contributed by atoms with Crippen molar-refractivity contribution in [2.24, 2.45) is 5.92 Å². The van der Waals surface area contributed by atoms with E-state index >= 15 is 0 Å². The van der Waals surface area contributed by atoms with Crippen LogP contribution in [0.5, 0.6) is 0 Å². The zero-order valence-electron chi connectivity index (χ0n) is 12.8. The van der Waals surface area contributed by atoms with Crippen LogP contribution in [0.3, 0.4) is 0 Å². The van der Waals surface area contributed by atoms with E-state index in [0.717, 1.165) is 36.0 Å². The summed E-state index contributed by atoms with van der Waals surface area (Å²) in [5, 5.41) is 8.61. The number of aromatic nitrogens is 4. The fourth-order valence-electron chi connectivity index (χ4n) is 3.49. The van der Waals surface area contributed by atoms with E-state index in [1.807, 2.05) is 47.1 Å². The first-order valence-electron chi connectivity index (χ1n) is 8.08. The van der Waals surface area contributed by atoms with E-state index in [1.165, 1.54) is 0 Å². The van der Waals surface area contributed by atoms with Gasteiger partial charge in [-0.2, -0.15) is 0 Å². The monoisotopic (exact) mass is 306 g/mol. The lowest BCUT2D eigenvalue weighted by Crippen LogP contribution is -2.31. The smallest absolute Gasteiger partial charge is 0.138 e. The van der Waals surface area contributed by atoms with Crippen LogP contribution in [0.25, 0.3) is 11.0 Å². The Hall–Kier alpha value is -2.56. The Balaban J connectivity index is 1.86. The van der Waals surface area contributed by atoms with Crippen molar-refractivity contribution in [2.75, 3.05) is 0 Å². The van der Waals surface area contributed by atoms with Crippen LogP contribution >= 0.6 is 0 Å². The summed E-state index contributed by atoms with van der Waals surface area (Å²) >= 11 is 0. The molecule has 1 aromatic carbocycles. The maximum Gasteiger partial charge on any atom is 0.138 e. The number of pyridine rings is 1. The molecule has 2 heterocycles. The second kappa shape index (κ2) is 5.91. The molecular weight excluding hydrogens is 288 g/mol. The summed E-state index contributed by atoms with van der Waals surface area (Å²) in [6.07, 6.45) is 5.37. The summed E-state index contributed by atoms with van der Waals surface area (Å²) in [6, 6.07) is 13.5. The fraction of sp³-hybridized carbons (Fsp3) is 0.333. The molecule has 2 atom stereocenters. The quantitative estimate of drug-likeness (QED) is 0.745. The SMILES string of the molecule is O=C1CCCC[C@H]1[C@@H](c1ccccn1)n1nnc2ccccc21. The van der Waals surface area contributed by atoms with E-state index in [2.05, 4.69) is 15.3 Å². The molecular formula is C18H18N4O. The molecule has 1 saturated carbocycles. The van der Waals surface area contributed by atoms with Crippen LogP contribution in [0.4, 0.5) is 0 Å². The average Bonchev–Trinajstić information content (AvgIpc) is 3.02. The molecule has 0 amide bonds. The third-order valence-corrected chi connectivity index (χ3v) is 4.61. The number of para-hydroxylation sites is 1. The highest BCUT2D eigenvalue weighted by Gasteiger charge is 2.34. The van der Waals surface area contributed by atoms with Gasteiger partial charge in [0.15, 0.2) is 0 Å². The molecule has 23 heavy (non-hydrogen) atoms. The molecule has 4 rings (SSSR count). The molecule has 1 fully saturated rings. The van der Waals surface area contributed by atoms with Crippen molar-refractivity contribution in [3.05, 3.63) is 54.4 Å². The number of benzene rings is 1. The third kappa shape index (κ3) is 2.52. The van der Waals surface area contributed by atoms with Gasteiger partial charge in [0, 0.05) is 18.5 Å². The van der Waals surface area contributed by atoms with Crippen molar-refractivity contribution in [1.82, 2.24) is 20.0 Å². The molecule has 2 aromatic heterocycles. The number of carbonyl (C=O) groups excluding carboxylic acids is 1. The predicted molar refractivity (Wildman–Crippen MR) is 86.9 cm³/mol. The van der Waals surface area contributed by atoms with E-state index in [4.69, 9.17) is 0 Å². The van der Waals surface area contributed by atoms with Crippen molar-refractivity contribution in [3.8, 4) is 0 Å². The maximum absolute atomic E-state index is 12.6. The van der Waals surface area contributed by atoms with Gasteiger partial charge in [-0.05, 0) is 37.1 Å². The number of fused-ring (bicyclic) bond motifs is 1. The van der Waals surface area contributed by atoms with Crippen molar-refractivity contribution in [1.29, 1.82) is 0 Å². The van der Waals surface area contributed by atoms with Crippen LogP contribution in [-0.4, -0.2) is 25.8 Å². The van der Waals surface area contributed by atoms with Gasteiger partial charge < -0.3 is 0 Å². The molecule has 5 heteroatoms. The van der Waals surface area contributed by atoms with Gasteiger partial charge in [-0.25, -0.2) is 4.68 Å². The van der Waals surface area contributed by atoms with Gasteiger partial charge in [0.25, 0.3) is 0 Å². The molecule has 5 nitrogen and oxygen atoms in total. The van der Waals surface area contributed by atoms with Gasteiger partial charge in [0.2, 0.25) is 0 Å². The van der Waals surface area contributed by atoms with Crippen LogP contribution in [0.2, 0.25) is 0 Å². The summed E-state index contributed by atoms with van der Waals surface area (Å²) in [6.45, 7) is 0. The molecule has 0 radical (unpaired) electrons. The molecule has 116 valence electrons. The topological polar surface area (TPSA) is 60.7 Å². The maximum atomic E-state index is 12.6. The number of Topliss-reactive ketones (excluding diaryl/α,β-unsaturated/α-hetero) is 1. The fourth-order valence-corrected chi connectivity index (χ4v) is 3.49. The van der Waals surface area contributed by atoms with Gasteiger partial charge in [0.05, 0.1) is 11.2 Å². The Kier molecular flexibility index (Phi) is 3.61. The first kappa shape index (κ1) is 14.1. The highest BCUT2D eigenvalue weighted by Crippen LogP contribution is 2.35. The molecule has 0 bridgehead atoms. The summed E-state index contributed by atoms with van der Waals surface area (Å²) in [7, 11) is 0. The highest BCUT2D eigenvalue weighted by molar-refractivity contribution is 5.83. The molecule has 1 aliphatic carbocycles. The van der Waals surface area contributed by atoms with Crippen molar-refractivity contribution in [2.45, 2.75) is 31.7 Å². The molecule has 0 spiro atoms. The Morgan fingerprint density at radius 1 is 1.09 bits per heavy atom. The predicted octanol–water partition coefficient (Wildman–Crippen LogP) is 3.18. The molecule has 3 aromatic rings. The van der Waals surface area contributed by atoms with E-state index in [1.54, 1.807) is 6.20 Å². The van der Waals surface area contributed by atoms with Crippen molar-refractivity contribution < 1.29 is 4.79 Å². The Morgan fingerprint density at radius 2 is 1.96 bits per heavy atom. The summed E-state index contributed by atoms with van der Waals surface area (Å²) in [4.78, 5) is 17.1. The third-order valence-electron chi connectivity index (χ3n) is 4.61. The van der Waals surface area contributed by atoms with E-state index in [0.29, 0.717) is 12.2 Å². The number of ketones is 1. The molecule has 0 aliphatic heterocycles. The average molecular weight is 306 g/mol. The highest BCUT2D eigenvalue weighted by atomic mass is 16.1. The molecule has 1 aliphatic rings. The van der Waals surface area contributed by atoms with Crippen LogP contribution in [0.1, 0.15) is 37.4 Å². The lowest BCUT2D eigenvalue weighted by Gasteiger charge is -2.29. The lowest BCUT2D eigenvalue weighted by atomic mass is 9.81.